The van der Waals surface area contributed by atoms with Gasteiger partial charge in [0.05, 0.1) is 0 Å². The number of aliphatic carboxylic acids is 1. The molecular weight excluding hydrogens is 234 g/mol. The van der Waals surface area contributed by atoms with Gasteiger partial charge in [0.1, 0.15) is 11.1 Å². The molecule has 2 aliphatic rings. The molecule has 1 unspecified atom stereocenters. The molecule has 0 spiro atoms. The molecule has 0 aromatic carbocycles. The van der Waals surface area contributed by atoms with E-state index in [1.54, 1.807) is 6.92 Å². The van der Waals surface area contributed by atoms with Crippen molar-refractivity contribution in [1.29, 1.82) is 0 Å². The second-order valence-electron chi connectivity index (χ2n) is 5.58. The summed E-state index contributed by atoms with van der Waals surface area (Å²) in [5, 5.41) is 12.2. The van der Waals surface area contributed by atoms with Crippen molar-refractivity contribution in [2.45, 2.75) is 63.0 Å². The summed E-state index contributed by atoms with van der Waals surface area (Å²) in [5.41, 5.74) is -1.93. The zero-order valence-corrected chi connectivity index (χ0v) is 10.8. The van der Waals surface area contributed by atoms with Crippen molar-refractivity contribution in [1.82, 2.24) is 5.32 Å². The van der Waals surface area contributed by atoms with Crippen molar-refractivity contribution in [3.05, 3.63) is 0 Å². The Kier molecular flexibility index (Phi) is 3.61. The number of carbonyl (C=O) groups excluding carboxylic acids is 1. The minimum atomic E-state index is -1.08. The summed E-state index contributed by atoms with van der Waals surface area (Å²) in [6.45, 7) is 2.32. The van der Waals surface area contributed by atoms with Gasteiger partial charge in [-0.1, -0.05) is 19.3 Å². The molecule has 1 saturated heterocycles. The highest BCUT2D eigenvalue weighted by molar-refractivity contribution is 5.91. The molecule has 5 heteroatoms. The van der Waals surface area contributed by atoms with Gasteiger partial charge in [-0.05, 0) is 32.6 Å². The second kappa shape index (κ2) is 4.88. The fourth-order valence-electron chi connectivity index (χ4n) is 2.86. The first-order valence-electron chi connectivity index (χ1n) is 6.69. The molecule has 1 atom stereocenters. The van der Waals surface area contributed by atoms with Gasteiger partial charge in [-0.15, -0.1) is 0 Å². The van der Waals surface area contributed by atoms with Crippen LogP contribution in [0.2, 0.25) is 0 Å². The minimum Gasteiger partial charge on any atom is -0.480 e. The van der Waals surface area contributed by atoms with Crippen LogP contribution in [-0.4, -0.2) is 34.7 Å². The number of hydrogen-bond donors (Lipinski definition) is 2. The zero-order chi connectivity index (χ0) is 13.2. The molecule has 1 aliphatic heterocycles. The van der Waals surface area contributed by atoms with Gasteiger partial charge in [-0.2, -0.15) is 0 Å². The zero-order valence-electron chi connectivity index (χ0n) is 10.8. The Morgan fingerprint density at radius 3 is 2.28 bits per heavy atom. The highest BCUT2D eigenvalue weighted by Gasteiger charge is 2.46. The maximum Gasteiger partial charge on any atom is 0.329 e. The number of ether oxygens (including phenoxy) is 1. The Balaban J connectivity index is 2.09. The minimum absolute atomic E-state index is 0.274. The third-order valence-corrected chi connectivity index (χ3v) is 4.17. The predicted octanol–water partition coefficient (Wildman–Crippen LogP) is 1.46. The summed E-state index contributed by atoms with van der Waals surface area (Å²) in [6.07, 6.45) is 5.29. The summed E-state index contributed by atoms with van der Waals surface area (Å²) >= 11 is 0. The molecule has 0 bridgehead atoms. The number of carbonyl (C=O) groups is 2. The van der Waals surface area contributed by atoms with Crippen LogP contribution in [0.15, 0.2) is 0 Å². The van der Waals surface area contributed by atoms with Gasteiger partial charge in [0, 0.05) is 6.61 Å². The topological polar surface area (TPSA) is 75.6 Å². The number of amides is 1. The van der Waals surface area contributed by atoms with E-state index in [1.165, 1.54) is 0 Å². The number of carboxylic acid groups (broad SMARTS) is 1. The molecule has 0 aromatic heterocycles. The Hall–Kier alpha value is -1.10. The Bertz CT molecular complexity index is 341. The van der Waals surface area contributed by atoms with E-state index >= 15 is 0 Å². The summed E-state index contributed by atoms with van der Waals surface area (Å²) in [5.74, 6) is -1.19. The third-order valence-electron chi connectivity index (χ3n) is 4.17. The van der Waals surface area contributed by atoms with Crippen LogP contribution < -0.4 is 5.32 Å². The van der Waals surface area contributed by atoms with E-state index in [0.29, 0.717) is 25.9 Å². The Labute approximate surface area is 107 Å². The van der Waals surface area contributed by atoms with Crippen molar-refractivity contribution < 1.29 is 19.4 Å². The van der Waals surface area contributed by atoms with Crippen LogP contribution in [0, 0.1) is 0 Å². The molecule has 18 heavy (non-hydrogen) atoms. The summed E-state index contributed by atoms with van der Waals surface area (Å²) in [7, 11) is 0. The van der Waals surface area contributed by atoms with Crippen LogP contribution in [0.1, 0.15) is 51.9 Å². The van der Waals surface area contributed by atoms with E-state index in [0.717, 1.165) is 25.7 Å². The number of nitrogens with one attached hydrogen (secondary N) is 1. The van der Waals surface area contributed by atoms with Crippen LogP contribution in [0.25, 0.3) is 0 Å². The van der Waals surface area contributed by atoms with Gasteiger partial charge in [-0.25, -0.2) is 4.79 Å². The SMILES string of the molecule is CC1(C(=O)NC2(C(=O)O)CCCCC2)CCCO1. The largest absolute Gasteiger partial charge is 0.480 e. The maximum absolute atomic E-state index is 12.2. The fourth-order valence-corrected chi connectivity index (χ4v) is 2.86. The molecule has 2 N–H and O–H groups in total. The van der Waals surface area contributed by atoms with Gasteiger partial charge in [0.15, 0.2) is 0 Å². The van der Waals surface area contributed by atoms with Crippen molar-refractivity contribution in [2.75, 3.05) is 6.61 Å². The summed E-state index contributed by atoms with van der Waals surface area (Å²) < 4.78 is 5.46. The lowest BCUT2D eigenvalue weighted by molar-refractivity contribution is -0.154. The molecule has 2 rings (SSSR count). The predicted molar refractivity (Wildman–Crippen MR) is 65.2 cm³/mol. The average Bonchev–Trinajstić information content (AvgIpc) is 2.78. The average molecular weight is 255 g/mol. The van der Waals surface area contributed by atoms with Gasteiger partial charge in [-0.3, -0.25) is 4.79 Å². The number of carboxylic acids is 1. The summed E-state index contributed by atoms with van der Waals surface area (Å²) in [4.78, 5) is 23.7. The quantitative estimate of drug-likeness (QED) is 0.800. The monoisotopic (exact) mass is 255 g/mol. The molecule has 0 radical (unpaired) electrons. The third kappa shape index (κ3) is 2.36. The molecule has 5 nitrogen and oxygen atoms in total. The van der Waals surface area contributed by atoms with Crippen molar-refractivity contribution in [3.8, 4) is 0 Å². The normalized spacial score (nSPS) is 30.9. The fraction of sp³-hybridized carbons (Fsp3) is 0.846. The van der Waals surface area contributed by atoms with Crippen molar-refractivity contribution in [2.24, 2.45) is 0 Å². The van der Waals surface area contributed by atoms with Crippen molar-refractivity contribution >= 4 is 11.9 Å². The van der Waals surface area contributed by atoms with E-state index in [-0.39, 0.29) is 5.91 Å². The number of hydrogen-bond acceptors (Lipinski definition) is 3. The molecule has 102 valence electrons. The maximum atomic E-state index is 12.2. The Morgan fingerprint density at radius 1 is 1.11 bits per heavy atom. The van der Waals surface area contributed by atoms with E-state index in [4.69, 9.17) is 4.74 Å². The second-order valence-corrected chi connectivity index (χ2v) is 5.58. The van der Waals surface area contributed by atoms with Crippen LogP contribution >= 0.6 is 0 Å². The molecule has 1 aliphatic carbocycles. The van der Waals surface area contributed by atoms with Crippen molar-refractivity contribution in [3.63, 3.8) is 0 Å². The van der Waals surface area contributed by atoms with Gasteiger partial charge in [0.25, 0.3) is 5.91 Å². The standard InChI is InChI=1S/C13H21NO4/c1-12(6-5-9-18-12)10(15)14-13(11(16)17)7-3-2-4-8-13/h2-9H2,1H3,(H,14,15)(H,16,17). The van der Waals surface area contributed by atoms with Crippen LogP contribution in [-0.2, 0) is 14.3 Å². The highest BCUT2D eigenvalue weighted by atomic mass is 16.5. The first-order chi connectivity index (χ1) is 8.49. The van der Waals surface area contributed by atoms with Crippen LogP contribution in [0.5, 0.6) is 0 Å². The molecule has 1 saturated carbocycles. The highest BCUT2D eigenvalue weighted by Crippen LogP contribution is 2.31. The molecule has 1 amide bonds. The van der Waals surface area contributed by atoms with E-state index in [1.807, 2.05) is 0 Å². The van der Waals surface area contributed by atoms with Gasteiger partial charge < -0.3 is 15.2 Å². The lowest BCUT2D eigenvalue weighted by Crippen LogP contribution is -2.60. The summed E-state index contributed by atoms with van der Waals surface area (Å²) in [6, 6.07) is 0. The molecule has 0 aromatic rings. The molecular formula is C13H21NO4. The van der Waals surface area contributed by atoms with E-state index in [9.17, 15) is 14.7 Å². The van der Waals surface area contributed by atoms with Gasteiger partial charge in [0.2, 0.25) is 0 Å². The lowest BCUT2D eigenvalue weighted by Gasteiger charge is -2.36. The van der Waals surface area contributed by atoms with Gasteiger partial charge >= 0.3 is 5.97 Å². The molecule has 1 heterocycles. The smallest absolute Gasteiger partial charge is 0.329 e. The van der Waals surface area contributed by atoms with E-state index in [2.05, 4.69) is 5.32 Å². The van der Waals surface area contributed by atoms with Crippen LogP contribution in [0.4, 0.5) is 0 Å². The Morgan fingerprint density at radius 2 is 1.78 bits per heavy atom. The van der Waals surface area contributed by atoms with Crippen LogP contribution in [0.3, 0.4) is 0 Å². The first-order valence-corrected chi connectivity index (χ1v) is 6.69. The molecule has 2 fully saturated rings. The first kappa shape index (κ1) is 13.3. The lowest BCUT2D eigenvalue weighted by atomic mass is 9.81. The number of rotatable bonds is 3. The van der Waals surface area contributed by atoms with E-state index < -0.39 is 17.1 Å².